The number of rotatable bonds is 2. The third-order valence-corrected chi connectivity index (χ3v) is 2.25. The molecule has 0 saturated carbocycles. The van der Waals surface area contributed by atoms with Crippen molar-refractivity contribution >= 4 is 18.5 Å². The van der Waals surface area contributed by atoms with Crippen molar-refractivity contribution < 1.29 is 9.90 Å². The lowest BCUT2D eigenvalue weighted by Crippen LogP contribution is -2.50. The molecule has 72 valence electrons. The van der Waals surface area contributed by atoms with Gasteiger partial charge >= 0.3 is 0 Å². The highest BCUT2D eigenvalue weighted by atomic mass is 32.1. The summed E-state index contributed by atoms with van der Waals surface area (Å²) in [5.41, 5.74) is 0.437. The minimum absolute atomic E-state index is 0.00565. The van der Waals surface area contributed by atoms with Crippen molar-refractivity contribution in [1.29, 1.82) is 0 Å². The van der Waals surface area contributed by atoms with Gasteiger partial charge in [-0.05, 0) is 13.8 Å². The summed E-state index contributed by atoms with van der Waals surface area (Å²) < 4.78 is 0. The van der Waals surface area contributed by atoms with Crippen LogP contribution in [0.15, 0.2) is 22.9 Å². The summed E-state index contributed by atoms with van der Waals surface area (Å²) in [5.74, 6) is -0.0986. The van der Waals surface area contributed by atoms with Crippen LogP contribution in [0.3, 0.4) is 0 Å². The first-order valence-corrected chi connectivity index (χ1v) is 4.50. The Morgan fingerprint density at radius 1 is 1.77 bits per heavy atom. The number of carbonyl (C=O) groups is 1. The van der Waals surface area contributed by atoms with Crippen LogP contribution < -0.4 is 0 Å². The van der Waals surface area contributed by atoms with Crippen LogP contribution in [-0.2, 0) is 4.79 Å². The molecule has 1 saturated heterocycles. The van der Waals surface area contributed by atoms with Crippen LogP contribution in [0.2, 0.25) is 0 Å². The standard InChI is InChI=1S/C9H13NO2S/c1-5-4-8(12)10(5)9(6(2)11)7(3)13/h5,11,13H,2,4H2,1,3H3/b9-7+. The van der Waals surface area contributed by atoms with Crippen molar-refractivity contribution in [2.24, 2.45) is 0 Å². The molecule has 1 unspecified atom stereocenters. The van der Waals surface area contributed by atoms with Crippen LogP contribution in [-0.4, -0.2) is 22.0 Å². The van der Waals surface area contributed by atoms with Crippen molar-refractivity contribution in [2.45, 2.75) is 26.3 Å². The maximum Gasteiger partial charge on any atom is 0.229 e. The lowest BCUT2D eigenvalue weighted by Gasteiger charge is -2.39. The predicted octanol–water partition coefficient (Wildman–Crippen LogP) is 1.84. The van der Waals surface area contributed by atoms with E-state index in [4.69, 9.17) is 0 Å². The van der Waals surface area contributed by atoms with Gasteiger partial charge in [-0.2, -0.15) is 0 Å². The number of hydrogen-bond acceptors (Lipinski definition) is 3. The summed E-state index contributed by atoms with van der Waals surface area (Å²) in [6.45, 7) is 7.04. The van der Waals surface area contributed by atoms with Gasteiger partial charge in [-0.1, -0.05) is 6.58 Å². The van der Waals surface area contributed by atoms with Crippen molar-refractivity contribution in [3.05, 3.63) is 22.9 Å². The first kappa shape index (κ1) is 10.2. The van der Waals surface area contributed by atoms with Gasteiger partial charge in [0.15, 0.2) is 0 Å². The lowest BCUT2D eigenvalue weighted by atomic mass is 10.0. The smallest absolute Gasteiger partial charge is 0.229 e. The Hall–Kier alpha value is -0.900. The molecule has 1 atom stereocenters. The molecule has 0 aromatic rings. The van der Waals surface area contributed by atoms with Gasteiger partial charge in [-0.25, -0.2) is 0 Å². The van der Waals surface area contributed by atoms with E-state index in [-0.39, 0.29) is 17.7 Å². The molecule has 0 spiro atoms. The van der Waals surface area contributed by atoms with Crippen LogP contribution in [0.4, 0.5) is 0 Å². The minimum atomic E-state index is -0.104. The van der Waals surface area contributed by atoms with Crippen LogP contribution in [0.5, 0.6) is 0 Å². The Bertz CT molecular complexity index is 292. The van der Waals surface area contributed by atoms with Gasteiger partial charge in [0.1, 0.15) is 5.76 Å². The van der Waals surface area contributed by atoms with E-state index in [1.54, 1.807) is 6.92 Å². The van der Waals surface area contributed by atoms with Crippen molar-refractivity contribution in [3.8, 4) is 0 Å². The summed E-state index contributed by atoms with van der Waals surface area (Å²) in [6, 6.07) is 0.133. The van der Waals surface area contributed by atoms with E-state index in [2.05, 4.69) is 19.2 Å². The fourth-order valence-corrected chi connectivity index (χ4v) is 1.68. The second-order valence-corrected chi connectivity index (χ2v) is 3.87. The largest absolute Gasteiger partial charge is 0.506 e. The highest BCUT2D eigenvalue weighted by Crippen LogP contribution is 2.29. The molecule has 1 heterocycles. The van der Waals surface area contributed by atoms with E-state index in [1.807, 2.05) is 6.92 Å². The number of aliphatic hydroxyl groups excluding tert-OH is 1. The zero-order valence-electron chi connectivity index (χ0n) is 7.74. The number of allylic oxidation sites excluding steroid dienone is 1. The Balaban J connectivity index is 2.97. The van der Waals surface area contributed by atoms with Gasteiger partial charge in [-0.15, -0.1) is 12.6 Å². The number of carbonyl (C=O) groups excluding carboxylic acids is 1. The number of amides is 1. The second kappa shape index (κ2) is 3.46. The van der Waals surface area contributed by atoms with E-state index in [0.717, 1.165) is 0 Å². The average molecular weight is 199 g/mol. The zero-order chi connectivity index (χ0) is 10.2. The van der Waals surface area contributed by atoms with Gasteiger partial charge in [-0.3, -0.25) is 4.79 Å². The number of hydrogen-bond donors (Lipinski definition) is 2. The van der Waals surface area contributed by atoms with Crippen LogP contribution in [0.1, 0.15) is 20.3 Å². The van der Waals surface area contributed by atoms with E-state index in [1.165, 1.54) is 4.90 Å². The molecule has 13 heavy (non-hydrogen) atoms. The summed E-state index contributed by atoms with van der Waals surface area (Å²) in [4.78, 5) is 13.3. The Morgan fingerprint density at radius 3 is 2.46 bits per heavy atom. The molecule has 0 aliphatic carbocycles. The third-order valence-electron chi connectivity index (χ3n) is 2.04. The van der Waals surface area contributed by atoms with Gasteiger partial charge in [0.25, 0.3) is 0 Å². The van der Waals surface area contributed by atoms with Gasteiger partial charge in [0, 0.05) is 17.4 Å². The normalized spacial score (nSPS) is 23.8. The molecule has 0 bridgehead atoms. The maximum absolute atomic E-state index is 11.2. The van der Waals surface area contributed by atoms with Crippen LogP contribution in [0, 0.1) is 0 Å². The number of aliphatic hydroxyl groups is 1. The van der Waals surface area contributed by atoms with Gasteiger partial charge in [0.05, 0.1) is 5.70 Å². The highest BCUT2D eigenvalue weighted by molar-refractivity contribution is 7.84. The molecule has 1 fully saturated rings. The van der Waals surface area contributed by atoms with E-state index < -0.39 is 0 Å². The first-order valence-electron chi connectivity index (χ1n) is 4.05. The molecule has 1 aliphatic rings. The third kappa shape index (κ3) is 1.72. The quantitative estimate of drug-likeness (QED) is 0.308. The van der Waals surface area contributed by atoms with Crippen LogP contribution in [0.25, 0.3) is 0 Å². The SMILES string of the molecule is C=C(O)/C(=C(/C)S)N1C(=O)CC1C. The van der Waals surface area contributed by atoms with Crippen LogP contribution >= 0.6 is 12.6 Å². The van der Waals surface area contributed by atoms with Crippen molar-refractivity contribution in [1.82, 2.24) is 4.90 Å². The summed E-state index contributed by atoms with van der Waals surface area (Å²) in [5, 5.41) is 9.26. The van der Waals surface area contributed by atoms with E-state index in [9.17, 15) is 9.90 Å². The topological polar surface area (TPSA) is 40.5 Å². The average Bonchev–Trinajstić information content (AvgIpc) is 1.99. The summed E-state index contributed by atoms with van der Waals surface area (Å²) in [6.07, 6.45) is 0.526. The predicted molar refractivity (Wildman–Crippen MR) is 54.4 cm³/mol. The molecule has 1 aliphatic heterocycles. The Kier molecular flexibility index (Phi) is 2.71. The Morgan fingerprint density at radius 2 is 2.31 bits per heavy atom. The number of thiol groups is 1. The maximum atomic E-state index is 11.2. The molecule has 0 aromatic heterocycles. The van der Waals surface area contributed by atoms with Gasteiger partial charge in [0.2, 0.25) is 5.91 Å². The fraction of sp³-hybridized carbons (Fsp3) is 0.444. The van der Waals surface area contributed by atoms with Crippen molar-refractivity contribution in [2.75, 3.05) is 0 Å². The summed E-state index contributed by atoms with van der Waals surface area (Å²) in [7, 11) is 0. The first-order chi connectivity index (χ1) is 5.95. The van der Waals surface area contributed by atoms with E-state index in [0.29, 0.717) is 17.0 Å². The summed E-state index contributed by atoms with van der Waals surface area (Å²) >= 11 is 4.11. The molecular formula is C9H13NO2S. The Labute approximate surface area is 83.1 Å². The molecule has 4 heteroatoms. The molecule has 3 nitrogen and oxygen atoms in total. The fourth-order valence-electron chi connectivity index (χ4n) is 1.44. The lowest BCUT2D eigenvalue weighted by molar-refractivity contribution is -0.141. The monoisotopic (exact) mass is 199 g/mol. The molecule has 1 rings (SSSR count). The molecule has 1 amide bonds. The number of β-lactam (4-membered cyclic amide) rings is 1. The second-order valence-electron chi connectivity index (χ2n) is 3.20. The molecule has 0 radical (unpaired) electrons. The van der Waals surface area contributed by atoms with E-state index >= 15 is 0 Å². The molecular weight excluding hydrogens is 186 g/mol. The zero-order valence-corrected chi connectivity index (χ0v) is 8.64. The highest BCUT2D eigenvalue weighted by Gasteiger charge is 2.36. The van der Waals surface area contributed by atoms with Gasteiger partial charge < -0.3 is 10.0 Å². The number of nitrogens with zero attached hydrogens (tertiary/aromatic N) is 1. The van der Waals surface area contributed by atoms with Crippen molar-refractivity contribution in [3.63, 3.8) is 0 Å². The molecule has 1 N–H and O–H groups in total. The molecule has 0 aromatic carbocycles. The number of likely N-dealkylation sites (tertiary alicyclic amines) is 1. The minimum Gasteiger partial charge on any atom is -0.506 e.